The van der Waals surface area contributed by atoms with Crippen LogP contribution in [0.3, 0.4) is 0 Å². The molecular formula is C13H9BrF2N2O2. The Morgan fingerprint density at radius 3 is 2.40 bits per heavy atom. The fourth-order valence-corrected chi connectivity index (χ4v) is 1.89. The van der Waals surface area contributed by atoms with Crippen molar-refractivity contribution in [2.75, 3.05) is 0 Å². The molecule has 0 aliphatic rings. The summed E-state index contributed by atoms with van der Waals surface area (Å²) in [5.74, 6) is -2.58. The SMILES string of the molecule is N/C(=N/O)c1cc(F)c(Oc2cccc(Br)c2)c(F)c1. The summed E-state index contributed by atoms with van der Waals surface area (Å²) in [6.45, 7) is 0. The minimum Gasteiger partial charge on any atom is -0.451 e. The third kappa shape index (κ3) is 3.05. The van der Waals surface area contributed by atoms with Crippen molar-refractivity contribution in [3.05, 3.63) is 58.1 Å². The van der Waals surface area contributed by atoms with Gasteiger partial charge < -0.3 is 15.7 Å². The van der Waals surface area contributed by atoms with E-state index in [0.717, 1.165) is 12.1 Å². The maximum atomic E-state index is 13.8. The molecule has 7 heteroatoms. The molecule has 0 fully saturated rings. The van der Waals surface area contributed by atoms with Crippen LogP contribution in [-0.4, -0.2) is 11.0 Å². The molecule has 0 saturated heterocycles. The van der Waals surface area contributed by atoms with Crippen LogP contribution >= 0.6 is 15.9 Å². The van der Waals surface area contributed by atoms with Gasteiger partial charge in [-0.2, -0.15) is 0 Å². The van der Waals surface area contributed by atoms with Gasteiger partial charge in [-0.25, -0.2) is 8.78 Å². The van der Waals surface area contributed by atoms with Gasteiger partial charge in [0.25, 0.3) is 0 Å². The highest BCUT2D eigenvalue weighted by atomic mass is 79.9. The fourth-order valence-electron chi connectivity index (χ4n) is 1.51. The molecule has 0 aromatic heterocycles. The number of nitrogens with two attached hydrogens (primary N) is 1. The Bertz CT molecular complexity index is 654. The number of nitrogens with zero attached hydrogens (tertiary/aromatic N) is 1. The average Bonchev–Trinajstić information content (AvgIpc) is 2.42. The lowest BCUT2D eigenvalue weighted by Crippen LogP contribution is -2.14. The lowest BCUT2D eigenvalue weighted by Gasteiger charge is -2.09. The van der Waals surface area contributed by atoms with Crippen molar-refractivity contribution in [3.63, 3.8) is 0 Å². The van der Waals surface area contributed by atoms with Crippen LogP contribution in [0.1, 0.15) is 5.56 Å². The number of amidine groups is 1. The highest BCUT2D eigenvalue weighted by Gasteiger charge is 2.15. The number of oxime groups is 1. The maximum absolute atomic E-state index is 13.8. The standard InChI is InChI=1S/C13H9BrF2N2O2/c14-8-2-1-3-9(6-8)20-12-10(15)4-7(5-11(12)16)13(17)18-19/h1-6,19H,(H2,17,18). The molecule has 2 aromatic carbocycles. The second kappa shape index (κ2) is 5.87. The van der Waals surface area contributed by atoms with E-state index in [1.165, 1.54) is 0 Å². The van der Waals surface area contributed by atoms with Crippen LogP contribution in [0.2, 0.25) is 0 Å². The number of halogens is 3. The molecule has 0 heterocycles. The minimum atomic E-state index is -0.952. The monoisotopic (exact) mass is 342 g/mol. The quantitative estimate of drug-likeness (QED) is 0.387. The molecule has 0 aliphatic heterocycles. The van der Waals surface area contributed by atoms with Crippen LogP contribution in [0, 0.1) is 11.6 Å². The van der Waals surface area contributed by atoms with Crippen molar-refractivity contribution in [2.45, 2.75) is 0 Å². The number of benzene rings is 2. The molecule has 0 bridgehead atoms. The van der Waals surface area contributed by atoms with E-state index in [-0.39, 0.29) is 11.3 Å². The van der Waals surface area contributed by atoms with E-state index in [0.29, 0.717) is 4.47 Å². The predicted molar refractivity (Wildman–Crippen MR) is 73.1 cm³/mol. The van der Waals surface area contributed by atoms with Crippen LogP contribution in [0.15, 0.2) is 46.0 Å². The second-order valence-electron chi connectivity index (χ2n) is 3.81. The zero-order valence-corrected chi connectivity index (χ0v) is 11.6. The maximum Gasteiger partial charge on any atom is 0.198 e. The van der Waals surface area contributed by atoms with E-state index >= 15 is 0 Å². The van der Waals surface area contributed by atoms with Crippen molar-refractivity contribution in [3.8, 4) is 11.5 Å². The molecule has 3 N–H and O–H groups in total. The van der Waals surface area contributed by atoms with E-state index in [2.05, 4.69) is 21.1 Å². The molecule has 2 rings (SSSR count). The zero-order chi connectivity index (χ0) is 14.7. The number of rotatable bonds is 3. The molecule has 104 valence electrons. The fraction of sp³-hybridized carbons (Fsp3) is 0. The summed E-state index contributed by atoms with van der Waals surface area (Å²) in [5, 5.41) is 11.2. The molecule has 0 aliphatic carbocycles. The summed E-state index contributed by atoms with van der Waals surface area (Å²) in [5.41, 5.74) is 5.19. The second-order valence-corrected chi connectivity index (χ2v) is 4.73. The van der Waals surface area contributed by atoms with Crippen molar-refractivity contribution >= 4 is 21.8 Å². The number of hydrogen-bond acceptors (Lipinski definition) is 3. The summed E-state index contributed by atoms with van der Waals surface area (Å²) in [6.07, 6.45) is 0. The van der Waals surface area contributed by atoms with E-state index in [4.69, 9.17) is 15.7 Å². The molecule has 0 atom stereocenters. The van der Waals surface area contributed by atoms with Crippen LogP contribution in [-0.2, 0) is 0 Å². The van der Waals surface area contributed by atoms with Gasteiger partial charge in [-0.1, -0.05) is 27.2 Å². The molecular weight excluding hydrogens is 334 g/mol. The summed E-state index contributed by atoms with van der Waals surface area (Å²) in [7, 11) is 0. The molecule has 0 saturated carbocycles. The van der Waals surface area contributed by atoms with Gasteiger partial charge in [0.05, 0.1) is 0 Å². The van der Waals surface area contributed by atoms with Crippen LogP contribution in [0.5, 0.6) is 11.5 Å². The van der Waals surface area contributed by atoms with Crippen LogP contribution < -0.4 is 10.5 Å². The summed E-state index contributed by atoms with van der Waals surface area (Å²) < 4.78 is 33.5. The highest BCUT2D eigenvalue weighted by Crippen LogP contribution is 2.29. The van der Waals surface area contributed by atoms with Gasteiger partial charge >= 0.3 is 0 Å². The first-order chi connectivity index (χ1) is 9.51. The Morgan fingerprint density at radius 2 is 1.85 bits per heavy atom. The van der Waals surface area contributed by atoms with Gasteiger partial charge in [0.2, 0.25) is 0 Å². The van der Waals surface area contributed by atoms with Crippen molar-refractivity contribution in [1.82, 2.24) is 0 Å². The molecule has 2 aromatic rings. The Morgan fingerprint density at radius 1 is 1.20 bits per heavy atom. The molecule has 0 unspecified atom stereocenters. The van der Waals surface area contributed by atoms with Gasteiger partial charge in [0, 0.05) is 10.0 Å². The third-order valence-corrected chi connectivity index (χ3v) is 2.91. The van der Waals surface area contributed by atoms with Crippen molar-refractivity contribution < 1.29 is 18.7 Å². The van der Waals surface area contributed by atoms with Gasteiger partial charge in [0.1, 0.15) is 5.75 Å². The van der Waals surface area contributed by atoms with E-state index in [1.807, 2.05) is 0 Å². The van der Waals surface area contributed by atoms with E-state index in [1.54, 1.807) is 24.3 Å². The predicted octanol–water partition coefficient (Wildman–Crippen LogP) is 3.61. The summed E-state index contributed by atoms with van der Waals surface area (Å²) in [6, 6.07) is 8.38. The summed E-state index contributed by atoms with van der Waals surface area (Å²) >= 11 is 3.23. The first kappa shape index (κ1) is 14.3. The minimum absolute atomic E-state index is 0.0795. The first-order valence-corrected chi connectivity index (χ1v) is 6.21. The molecule has 20 heavy (non-hydrogen) atoms. The highest BCUT2D eigenvalue weighted by molar-refractivity contribution is 9.10. The zero-order valence-electron chi connectivity index (χ0n) is 9.98. The lowest BCUT2D eigenvalue weighted by molar-refractivity contribution is 0.318. The number of hydrogen-bond donors (Lipinski definition) is 2. The van der Waals surface area contributed by atoms with Crippen LogP contribution in [0.4, 0.5) is 8.78 Å². The third-order valence-electron chi connectivity index (χ3n) is 2.42. The van der Waals surface area contributed by atoms with E-state index in [9.17, 15) is 8.78 Å². The average molecular weight is 343 g/mol. The van der Waals surface area contributed by atoms with Gasteiger partial charge in [-0.15, -0.1) is 0 Å². The summed E-state index contributed by atoms with van der Waals surface area (Å²) in [4.78, 5) is 0. The Kier molecular flexibility index (Phi) is 4.19. The first-order valence-electron chi connectivity index (χ1n) is 5.41. The largest absolute Gasteiger partial charge is 0.451 e. The molecule has 0 amide bonds. The topological polar surface area (TPSA) is 67.8 Å². The Labute approximate surface area is 121 Å². The molecule has 0 radical (unpaired) electrons. The van der Waals surface area contributed by atoms with Crippen molar-refractivity contribution in [2.24, 2.45) is 10.9 Å². The lowest BCUT2D eigenvalue weighted by atomic mass is 10.2. The van der Waals surface area contributed by atoms with Gasteiger partial charge in [0.15, 0.2) is 23.2 Å². The van der Waals surface area contributed by atoms with Gasteiger partial charge in [-0.05, 0) is 30.3 Å². The van der Waals surface area contributed by atoms with Crippen LogP contribution in [0.25, 0.3) is 0 Å². The normalized spacial score (nSPS) is 11.4. The molecule has 0 spiro atoms. The van der Waals surface area contributed by atoms with Crippen molar-refractivity contribution in [1.29, 1.82) is 0 Å². The smallest absolute Gasteiger partial charge is 0.198 e. The number of ether oxygens (including phenoxy) is 1. The molecule has 4 nitrogen and oxygen atoms in total. The Balaban J connectivity index is 2.38. The Hall–Kier alpha value is -2.15. The van der Waals surface area contributed by atoms with Gasteiger partial charge in [-0.3, -0.25) is 0 Å². The van der Waals surface area contributed by atoms with E-state index < -0.39 is 23.2 Å².